The van der Waals surface area contributed by atoms with Gasteiger partial charge in [0, 0.05) is 5.39 Å². The Kier molecular flexibility index (Phi) is 12.5. The van der Waals surface area contributed by atoms with E-state index >= 15 is 0 Å². The number of aromatic hydroxyl groups is 1. The zero-order chi connectivity index (χ0) is 23.2. The molecule has 0 aliphatic rings. The Morgan fingerprint density at radius 3 is 1.65 bits per heavy atom. The maximum Gasteiger partial charge on any atom is 1.00 e. The van der Waals surface area contributed by atoms with Gasteiger partial charge < -0.3 is 18.8 Å². The molecule has 18 heteroatoms. The normalized spacial score (nSPS) is 12.0. The smallest absolute Gasteiger partial charge is 0.744 e. The molecule has 0 fully saturated rings. The van der Waals surface area contributed by atoms with Gasteiger partial charge in [0.1, 0.15) is 41.8 Å². The molecule has 3 aromatic rings. The molecule has 0 atom stereocenters. The van der Waals surface area contributed by atoms with Gasteiger partial charge in [0.25, 0.3) is 0 Å². The molecule has 0 aliphatic heterocycles. The average molecular weight is 554 g/mol. The standard InChI is InChI=1S/C16H12N2O10S3.3Na/c19-13-6-1-9-7-12(30(23,24)25)8-14(31(26,27)28)15(9)16(13)18-17-10-2-4-11(5-3-10)29(20,21)22;;;/h1-8,19H,(H,20,21,22)(H,23,24,25)(H,26,27,28);;;/q;3*+1/p-3. The molecule has 3 rings (SSSR count). The Hall–Kier alpha value is 0.0500. The molecule has 0 spiro atoms. The van der Waals surface area contributed by atoms with E-state index in [-0.39, 0.29) is 99.7 Å². The Balaban J connectivity index is 0.00000363. The topological polar surface area (TPSA) is 217 Å². The molecule has 0 aromatic heterocycles. The van der Waals surface area contributed by atoms with Crippen LogP contribution in [0.5, 0.6) is 5.75 Å². The second-order valence-electron chi connectivity index (χ2n) is 6.01. The molecule has 1 N–H and O–H groups in total. The molecule has 0 saturated carbocycles. The molecule has 0 saturated heterocycles. The van der Waals surface area contributed by atoms with Crippen LogP contribution >= 0.6 is 0 Å². The van der Waals surface area contributed by atoms with Gasteiger partial charge in [0.2, 0.25) is 0 Å². The SMILES string of the molecule is O=S(=O)([O-])c1ccc(N=Nc2c(O)ccc3cc(S(=O)(=O)[O-])cc(S(=O)(=O)[O-])c23)cc1.[Na+].[Na+].[Na+]. The number of fused-ring (bicyclic) bond motifs is 1. The quantitative estimate of drug-likeness (QED) is 0.178. The van der Waals surface area contributed by atoms with Gasteiger partial charge in [0.15, 0.2) is 0 Å². The van der Waals surface area contributed by atoms with E-state index in [1.807, 2.05) is 0 Å². The molecule has 0 bridgehead atoms. The van der Waals surface area contributed by atoms with E-state index < -0.39 is 61.9 Å². The van der Waals surface area contributed by atoms with E-state index in [4.69, 9.17) is 0 Å². The van der Waals surface area contributed by atoms with Gasteiger partial charge in [-0.2, -0.15) is 5.11 Å². The van der Waals surface area contributed by atoms with Crippen LogP contribution in [-0.4, -0.2) is 44.0 Å². The molecule has 0 aliphatic carbocycles. The minimum atomic E-state index is -5.32. The van der Waals surface area contributed by atoms with Crippen LogP contribution < -0.4 is 88.7 Å². The Bertz CT molecular complexity index is 1560. The van der Waals surface area contributed by atoms with Crippen LogP contribution in [0, 0.1) is 0 Å². The molecule has 0 radical (unpaired) electrons. The number of benzene rings is 3. The number of rotatable bonds is 5. The van der Waals surface area contributed by atoms with Gasteiger partial charge in [-0.25, -0.2) is 25.3 Å². The van der Waals surface area contributed by atoms with E-state index in [0.29, 0.717) is 6.07 Å². The fraction of sp³-hybridized carbons (Fsp3) is 0. The number of phenols is 1. The van der Waals surface area contributed by atoms with Crippen LogP contribution in [0.1, 0.15) is 0 Å². The second kappa shape index (κ2) is 12.5. The molecule has 3 aromatic carbocycles. The van der Waals surface area contributed by atoms with Crippen molar-refractivity contribution in [3.8, 4) is 5.75 Å². The third-order valence-corrected chi connectivity index (χ3v) is 6.48. The van der Waals surface area contributed by atoms with Gasteiger partial charge >= 0.3 is 88.7 Å². The number of phenolic OH excluding ortho intramolecular Hbond substituents is 1. The summed E-state index contributed by atoms with van der Waals surface area (Å²) in [4.78, 5) is -2.62. The first-order chi connectivity index (χ1) is 14.2. The number of nitrogens with zero attached hydrogens (tertiary/aromatic N) is 2. The van der Waals surface area contributed by atoms with Crippen LogP contribution in [0.15, 0.2) is 73.4 Å². The fourth-order valence-corrected chi connectivity index (χ4v) is 4.41. The van der Waals surface area contributed by atoms with Crippen molar-refractivity contribution >= 4 is 52.5 Å². The first kappa shape index (κ1) is 34.0. The average Bonchev–Trinajstić information content (AvgIpc) is 2.64. The second-order valence-corrected chi connectivity index (χ2v) is 10.1. The zero-order valence-corrected chi connectivity index (χ0v) is 26.3. The summed E-state index contributed by atoms with van der Waals surface area (Å²) in [6.45, 7) is 0. The summed E-state index contributed by atoms with van der Waals surface area (Å²) in [7, 11) is -15.1. The number of hydrogen-bond donors (Lipinski definition) is 1. The van der Waals surface area contributed by atoms with Crippen molar-refractivity contribution in [2.75, 3.05) is 0 Å². The van der Waals surface area contributed by atoms with Gasteiger partial charge in [-0.1, -0.05) is 6.07 Å². The van der Waals surface area contributed by atoms with E-state index in [2.05, 4.69) is 10.2 Å². The summed E-state index contributed by atoms with van der Waals surface area (Å²) in [5.74, 6) is -0.627. The number of hydrogen-bond acceptors (Lipinski definition) is 12. The summed E-state index contributed by atoms with van der Waals surface area (Å²) in [5, 5.41) is 16.8. The van der Waals surface area contributed by atoms with Crippen LogP contribution in [0.25, 0.3) is 10.8 Å². The van der Waals surface area contributed by atoms with Gasteiger partial charge in [-0.3, -0.25) is 0 Å². The van der Waals surface area contributed by atoms with Crippen LogP contribution in [0.4, 0.5) is 11.4 Å². The van der Waals surface area contributed by atoms with Crippen LogP contribution in [-0.2, 0) is 30.4 Å². The summed E-state index contributed by atoms with van der Waals surface area (Å²) in [6.07, 6.45) is 0. The van der Waals surface area contributed by atoms with E-state index in [1.54, 1.807) is 0 Å². The number of azo groups is 1. The molecule has 0 heterocycles. The van der Waals surface area contributed by atoms with Crippen molar-refractivity contribution in [1.29, 1.82) is 0 Å². The van der Waals surface area contributed by atoms with Gasteiger partial charge in [-0.15, -0.1) is 5.11 Å². The fourth-order valence-electron chi connectivity index (χ4n) is 2.60. The predicted molar refractivity (Wildman–Crippen MR) is 100 cm³/mol. The summed E-state index contributed by atoms with van der Waals surface area (Å²) in [6, 6.07) is 7.33. The third kappa shape index (κ3) is 8.03. The zero-order valence-electron chi connectivity index (χ0n) is 17.9. The third-order valence-electron chi connectivity index (χ3n) is 3.96. The Labute approximate surface area is 261 Å². The minimum absolute atomic E-state index is 0. The van der Waals surface area contributed by atoms with E-state index in [1.165, 1.54) is 0 Å². The van der Waals surface area contributed by atoms with Crippen molar-refractivity contribution < 1.29 is 133 Å². The first-order valence-corrected chi connectivity index (χ1v) is 12.1. The van der Waals surface area contributed by atoms with Crippen molar-refractivity contribution in [2.24, 2.45) is 10.2 Å². The minimum Gasteiger partial charge on any atom is -0.744 e. The molecular weight excluding hydrogens is 545 g/mol. The molecule has 12 nitrogen and oxygen atoms in total. The molecular formula is C16H9N2Na3O10S3. The predicted octanol–water partition coefficient (Wildman–Crippen LogP) is -7.31. The van der Waals surface area contributed by atoms with Gasteiger partial charge in [0.05, 0.1) is 20.4 Å². The summed E-state index contributed by atoms with van der Waals surface area (Å²) < 4.78 is 102. The van der Waals surface area contributed by atoms with Crippen molar-refractivity contribution in [3.63, 3.8) is 0 Å². The van der Waals surface area contributed by atoms with Crippen LogP contribution in [0.3, 0.4) is 0 Å². The molecule has 0 unspecified atom stereocenters. The van der Waals surface area contributed by atoms with Crippen molar-refractivity contribution in [3.05, 3.63) is 48.5 Å². The Morgan fingerprint density at radius 2 is 1.18 bits per heavy atom. The Morgan fingerprint density at radius 1 is 0.647 bits per heavy atom. The van der Waals surface area contributed by atoms with Gasteiger partial charge in [-0.05, 0) is 47.9 Å². The van der Waals surface area contributed by atoms with Crippen molar-refractivity contribution in [1.82, 2.24) is 0 Å². The van der Waals surface area contributed by atoms with Crippen molar-refractivity contribution in [2.45, 2.75) is 14.7 Å². The first-order valence-electron chi connectivity index (χ1n) is 7.87. The van der Waals surface area contributed by atoms with E-state index in [9.17, 15) is 44.0 Å². The molecule has 0 amide bonds. The largest absolute Gasteiger partial charge is 1.00 e. The molecule has 164 valence electrons. The summed E-state index contributed by atoms with van der Waals surface area (Å²) >= 11 is 0. The summed E-state index contributed by atoms with van der Waals surface area (Å²) in [5.41, 5.74) is -0.531. The monoisotopic (exact) mass is 554 g/mol. The van der Waals surface area contributed by atoms with E-state index in [0.717, 1.165) is 42.5 Å². The molecule has 34 heavy (non-hydrogen) atoms. The van der Waals surface area contributed by atoms with Crippen LogP contribution in [0.2, 0.25) is 0 Å². The maximum atomic E-state index is 11.7. The maximum absolute atomic E-state index is 11.7.